The summed E-state index contributed by atoms with van der Waals surface area (Å²) in [6.07, 6.45) is 0.160. The molecule has 0 spiro atoms. The molecule has 294 valence electrons. The zero-order valence-corrected chi connectivity index (χ0v) is 33.2. The first-order valence-electron chi connectivity index (χ1n) is 18.1. The lowest BCUT2D eigenvalue weighted by Gasteiger charge is -2.37. The Kier molecular flexibility index (Phi) is 12.5. The van der Waals surface area contributed by atoms with Crippen LogP contribution in [0.1, 0.15) is 44.7 Å². The summed E-state index contributed by atoms with van der Waals surface area (Å²) in [5.74, 6) is -6.67. The second-order valence-corrected chi connectivity index (χ2v) is 15.4. The molecule has 0 bridgehead atoms. The lowest BCUT2D eigenvalue weighted by atomic mass is 10.1. The molecule has 12 nitrogen and oxygen atoms in total. The number of carbonyl (C=O) groups is 4. The van der Waals surface area contributed by atoms with Gasteiger partial charge in [0.1, 0.15) is 11.5 Å². The van der Waals surface area contributed by atoms with E-state index >= 15 is 0 Å². The monoisotopic (exact) mass is 802 g/mol. The number of hydrogen-bond donors (Lipinski definition) is 0. The molecule has 0 N–H and O–H groups in total. The highest BCUT2D eigenvalue weighted by Gasteiger charge is 2.49. The van der Waals surface area contributed by atoms with E-state index in [1.54, 1.807) is 97.1 Å². The van der Waals surface area contributed by atoms with E-state index < -0.39 is 23.5 Å². The Balaban J connectivity index is 1.34. The predicted octanol–water partition coefficient (Wildman–Crippen LogP) is 6.15. The van der Waals surface area contributed by atoms with Crippen molar-refractivity contribution in [2.75, 3.05) is 54.4 Å². The molecule has 56 heavy (non-hydrogen) atoms. The zero-order chi connectivity index (χ0) is 40.0. The molecule has 0 radical (unpaired) electrons. The van der Waals surface area contributed by atoms with Gasteiger partial charge in [-0.3, -0.25) is 9.59 Å². The maximum Gasteiger partial charge on any atom is 0.420 e. The van der Waals surface area contributed by atoms with Crippen LogP contribution in [0.2, 0.25) is 10.0 Å². The molecule has 2 unspecified atom stereocenters. The van der Waals surface area contributed by atoms with Gasteiger partial charge in [-0.05, 0) is 87.8 Å². The fourth-order valence-electron chi connectivity index (χ4n) is 6.55. The summed E-state index contributed by atoms with van der Waals surface area (Å²) in [4.78, 5) is 63.2. The van der Waals surface area contributed by atoms with Crippen LogP contribution in [0.3, 0.4) is 0 Å². The van der Waals surface area contributed by atoms with Crippen LogP contribution >= 0.6 is 23.2 Å². The Labute approximate surface area is 336 Å². The SMILES string of the molecule is CN(C)CCC1(OC(=O)C(=O)OC2(CCN(C)C)CN(Cc3ccc(Cl)cc3)C(=O)c3ccccc3O2)CN(Cc2ccc(Cl)cc2)C(=O)c2ccccc2O1. The van der Waals surface area contributed by atoms with Gasteiger partial charge in [-0.2, -0.15) is 0 Å². The molecule has 0 fully saturated rings. The topological polar surface area (TPSA) is 118 Å². The number of ether oxygens (including phenoxy) is 4. The van der Waals surface area contributed by atoms with E-state index in [0.29, 0.717) is 23.1 Å². The van der Waals surface area contributed by atoms with Crippen LogP contribution in [0.4, 0.5) is 0 Å². The summed E-state index contributed by atoms with van der Waals surface area (Å²) in [6, 6.07) is 27.5. The summed E-state index contributed by atoms with van der Waals surface area (Å²) in [6.45, 7) is 0.573. The van der Waals surface area contributed by atoms with Gasteiger partial charge in [-0.1, -0.05) is 71.7 Å². The van der Waals surface area contributed by atoms with E-state index in [-0.39, 0.29) is 73.5 Å². The third-order valence-electron chi connectivity index (χ3n) is 9.44. The number of para-hydroxylation sites is 2. The maximum atomic E-state index is 14.2. The van der Waals surface area contributed by atoms with Gasteiger partial charge in [0.25, 0.3) is 23.4 Å². The zero-order valence-electron chi connectivity index (χ0n) is 31.7. The Morgan fingerprint density at radius 2 is 0.964 bits per heavy atom. The first-order chi connectivity index (χ1) is 26.7. The van der Waals surface area contributed by atoms with E-state index in [1.165, 1.54) is 9.80 Å². The Morgan fingerprint density at radius 1 is 0.607 bits per heavy atom. The van der Waals surface area contributed by atoms with Gasteiger partial charge in [0, 0.05) is 49.1 Å². The number of fused-ring (bicyclic) bond motifs is 2. The van der Waals surface area contributed by atoms with Crippen LogP contribution in [0.25, 0.3) is 0 Å². The minimum atomic E-state index is -1.82. The average molecular weight is 804 g/mol. The van der Waals surface area contributed by atoms with Crippen molar-refractivity contribution in [3.63, 3.8) is 0 Å². The highest BCUT2D eigenvalue weighted by Crippen LogP contribution is 2.36. The molecule has 2 heterocycles. The minimum absolute atomic E-state index is 0.0801. The van der Waals surface area contributed by atoms with Gasteiger partial charge in [-0.25, -0.2) is 9.59 Å². The number of benzene rings is 4. The predicted molar refractivity (Wildman–Crippen MR) is 211 cm³/mol. The molecule has 2 aliphatic rings. The fraction of sp³-hybridized carbons (Fsp3) is 0.333. The van der Waals surface area contributed by atoms with Crippen molar-refractivity contribution in [1.82, 2.24) is 19.6 Å². The normalized spacial score (nSPS) is 19.4. The number of halogens is 2. The van der Waals surface area contributed by atoms with Crippen LogP contribution in [-0.4, -0.2) is 109 Å². The van der Waals surface area contributed by atoms with Crippen LogP contribution in [0.15, 0.2) is 97.1 Å². The average Bonchev–Trinajstić information content (AvgIpc) is 3.35. The lowest BCUT2D eigenvalue weighted by Crippen LogP contribution is -2.55. The van der Waals surface area contributed by atoms with Crippen molar-refractivity contribution in [3.05, 3.63) is 129 Å². The molecule has 4 aromatic carbocycles. The molecular weight excluding hydrogens is 759 g/mol. The van der Waals surface area contributed by atoms with E-state index in [1.807, 2.05) is 38.0 Å². The number of rotatable bonds is 12. The Bertz CT molecular complexity index is 1920. The molecule has 14 heteroatoms. The highest BCUT2D eigenvalue weighted by atomic mass is 35.5. The van der Waals surface area contributed by atoms with Crippen molar-refractivity contribution < 1.29 is 38.1 Å². The number of hydrogen-bond acceptors (Lipinski definition) is 10. The van der Waals surface area contributed by atoms with Crippen LogP contribution in [0, 0.1) is 0 Å². The smallest absolute Gasteiger partial charge is 0.420 e. The summed E-state index contributed by atoms with van der Waals surface area (Å²) in [7, 11) is 7.38. The number of carbonyl (C=O) groups excluding carboxylic acids is 4. The van der Waals surface area contributed by atoms with E-state index in [9.17, 15) is 19.2 Å². The third-order valence-corrected chi connectivity index (χ3v) is 9.95. The first kappa shape index (κ1) is 40.5. The molecule has 2 aliphatic heterocycles. The molecule has 0 aromatic heterocycles. The van der Waals surface area contributed by atoms with Crippen molar-refractivity contribution in [1.29, 1.82) is 0 Å². The summed E-state index contributed by atoms with van der Waals surface area (Å²) in [5.41, 5.74) is 2.09. The van der Waals surface area contributed by atoms with E-state index in [4.69, 9.17) is 42.1 Å². The fourth-order valence-corrected chi connectivity index (χ4v) is 6.80. The lowest BCUT2D eigenvalue weighted by molar-refractivity contribution is -0.228. The number of amides is 2. The van der Waals surface area contributed by atoms with Crippen molar-refractivity contribution >= 4 is 47.0 Å². The van der Waals surface area contributed by atoms with Gasteiger partial charge in [0.05, 0.1) is 24.2 Å². The number of esters is 2. The van der Waals surface area contributed by atoms with Gasteiger partial charge in [0.15, 0.2) is 0 Å². The maximum absolute atomic E-state index is 14.2. The van der Waals surface area contributed by atoms with E-state index in [0.717, 1.165) is 11.1 Å². The second kappa shape index (κ2) is 17.3. The van der Waals surface area contributed by atoms with Crippen LogP contribution in [-0.2, 0) is 32.2 Å². The molecule has 4 aromatic rings. The van der Waals surface area contributed by atoms with Crippen molar-refractivity contribution in [2.45, 2.75) is 37.5 Å². The summed E-state index contributed by atoms with van der Waals surface area (Å²) in [5, 5.41) is 1.08. The van der Waals surface area contributed by atoms with Gasteiger partial charge >= 0.3 is 11.9 Å². The molecule has 6 rings (SSSR count). The van der Waals surface area contributed by atoms with Crippen molar-refractivity contribution in [2.24, 2.45) is 0 Å². The molecular formula is C42H44Cl2N4O8. The molecule has 0 saturated carbocycles. The van der Waals surface area contributed by atoms with Gasteiger partial charge < -0.3 is 38.5 Å². The Morgan fingerprint density at radius 3 is 1.32 bits per heavy atom. The number of nitrogens with zero attached hydrogens (tertiary/aromatic N) is 4. The first-order valence-corrected chi connectivity index (χ1v) is 18.9. The summed E-state index contributed by atoms with van der Waals surface area (Å²) >= 11 is 12.3. The van der Waals surface area contributed by atoms with E-state index in [2.05, 4.69) is 0 Å². The Hall–Kier alpha value is -5.14. The quantitative estimate of drug-likeness (QED) is 0.122. The molecule has 0 saturated heterocycles. The highest BCUT2D eigenvalue weighted by molar-refractivity contribution is 6.31. The molecule has 2 atom stereocenters. The largest absolute Gasteiger partial charge is 0.449 e. The third kappa shape index (κ3) is 9.80. The van der Waals surface area contributed by atoms with Gasteiger partial charge in [0.2, 0.25) is 0 Å². The summed E-state index contributed by atoms with van der Waals surface area (Å²) < 4.78 is 25.1. The van der Waals surface area contributed by atoms with Crippen LogP contribution in [0.5, 0.6) is 11.5 Å². The molecule has 2 amide bonds. The minimum Gasteiger partial charge on any atom is -0.449 e. The standard InChI is InChI=1S/C42H44Cl2N4O8/c1-45(2)23-21-41(27-47(25-29-13-17-31(43)18-14-29)37(49)33-9-5-7-11-35(33)53-41)55-39(51)40(52)56-42(22-24-46(3)4)28-48(26-30-15-19-32(44)20-16-30)38(50)34-10-6-8-12-36(34)54-42/h5-20H,21-28H2,1-4H3. The molecule has 0 aliphatic carbocycles. The second-order valence-electron chi connectivity index (χ2n) is 14.5. The van der Waals surface area contributed by atoms with Crippen LogP contribution < -0.4 is 9.47 Å². The van der Waals surface area contributed by atoms with Crippen molar-refractivity contribution in [3.8, 4) is 11.5 Å². The van der Waals surface area contributed by atoms with Gasteiger partial charge in [-0.15, -0.1) is 0 Å².